The zero-order valence-corrected chi connectivity index (χ0v) is 16.9. The normalized spacial score (nSPS) is 20.3. The van der Waals surface area contributed by atoms with Crippen LogP contribution in [0.4, 0.5) is 4.39 Å². The minimum Gasteiger partial charge on any atom is -0.492 e. The van der Waals surface area contributed by atoms with E-state index in [2.05, 4.69) is 22.9 Å². The number of hydrogen-bond acceptors (Lipinski definition) is 4. The summed E-state index contributed by atoms with van der Waals surface area (Å²) in [6, 6.07) is 10.8. The maximum absolute atomic E-state index is 14.2. The summed E-state index contributed by atoms with van der Waals surface area (Å²) in [5.74, 6) is 0.551. The molecule has 150 valence electrons. The SMILES string of the molecule is CN1CCC(O)(c2ccc3c(c2)CN(Cc2c(F)cccc2Cl)CCO3)CC1. The predicted molar refractivity (Wildman–Crippen MR) is 108 cm³/mol. The molecule has 0 radical (unpaired) electrons. The second kappa shape index (κ2) is 7.99. The lowest BCUT2D eigenvalue weighted by atomic mass is 9.84. The van der Waals surface area contributed by atoms with Crippen LogP contribution in [-0.2, 0) is 18.7 Å². The van der Waals surface area contributed by atoms with E-state index >= 15 is 0 Å². The molecule has 0 saturated carbocycles. The van der Waals surface area contributed by atoms with Crippen molar-refractivity contribution in [3.05, 3.63) is 63.9 Å². The molecular weight excluding hydrogens is 379 g/mol. The van der Waals surface area contributed by atoms with Crippen LogP contribution in [0.25, 0.3) is 0 Å². The molecule has 0 amide bonds. The number of likely N-dealkylation sites (tertiary alicyclic amines) is 1. The fourth-order valence-corrected chi connectivity index (χ4v) is 4.28. The largest absolute Gasteiger partial charge is 0.492 e. The summed E-state index contributed by atoms with van der Waals surface area (Å²) < 4.78 is 20.1. The Morgan fingerprint density at radius 1 is 1.18 bits per heavy atom. The van der Waals surface area contributed by atoms with Crippen molar-refractivity contribution < 1.29 is 14.2 Å². The van der Waals surface area contributed by atoms with Crippen LogP contribution in [0.15, 0.2) is 36.4 Å². The molecule has 2 heterocycles. The minimum absolute atomic E-state index is 0.285. The van der Waals surface area contributed by atoms with Crippen molar-refractivity contribution in [1.29, 1.82) is 0 Å². The van der Waals surface area contributed by atoms with Gasteiger partial charge in [0.15, 0.2) is 0 Å². The van der Waals surface area contributed by atoms with Crippen LogP contribution in [0.2, 0.25) is 5.02 Å². The van der Waals surface area contributed by atoms with Crippen molar-refractivity contribution in [2.24, 2.45) is 0 Å². The number of rotatable bonds is 3. The Morgan fingerprint density at radius 2 is 1.96 bits per heavy atom. The molecule has 0 spiro atoms. The predicted octanol–water partition coefficient (Wildman–Crippen LogP) is 3.79. The maximum atomic E-state index is 14.2. The van der Waals surface area contributed by atoms with Crippen LogP contribution in [0.3, 0.4) is 0 Å². The second-order valence-electron chi connectivity index (χ2n) is 7.92. The van der Waals surface area contributed by atoms with Crippen molar-refractivity contribution in [3.8, 4) is 5.75 Å². The summed E-state index contributed by atoms with van der Waals surface area (Å²) in [6.45, 7) is 4.03. The van der Waals surface area contributed by atoms with Crippen molar-refractivity contribution in [1.82, 2.24) is 9.80 Å². The summed E-state index contributed by atoms with van der Waals surface area (Å²) in [5, 5.41) is 11.6. The van der Waals surface area contributed by atoms with Gasteiger partial charge in [-0.25, -0.2) is 4.39 Å². The van der Waals surface area contributed by atoms with E-state index in [1.165, 1.54) is 6.07 Å². The smallest absolute Gasteiger partial charge is 0.129 e. The molecular formula is C22H26ClFN2O2. The number of nitrogens with zero attached hydrogens (tertiary/aromatic N) is 2. The first-order valence-corrected chi connectivity index (χ1v) is 10.1. The van der Waals surface area contributed by atoms with Gasteiger partial charge in [-0.15, -0.1) is 0 Å². The van der Waals surface area contributed by atoms with Gasteiger partial charge in [-0.1, -0.05) is 23.7 Å². The van der Waals surface area contributed by atoms with Crippen molar-refractivity contribution in [2.75, 3.05) is 33.3 Å². The number of fused-ring (bicyclic) bond motifs is 1. The van der Waals surface area contributed by atoms with Gasteiger partial charge in [0.1, 0.15) is 18.2 Å². The first-order chi connectivity index (χ1) is 13.4. The first-order valence-electron chi connectivity index (χ1n) is 9.77. The molecule has 0 aromatic heterocycles. The summed E-state index contributed by atoms with van der Waals surface area (Å²) >= 11 is 6.21. The fraction of sp³-hybridized carbons (Fsp3) is 0.455. The van der Waals surface area contributed by atoms with E-state index in [-0.39, 0.29) is 5.82 Å². The Morgan fingerprint density at radius 3 is 2.71 bits per heavy atom. The third-order valence-electron chi connectivity index (χ3n) is 5.91. The molecule has 28 heavy (non-hydrogen) atoms. The molecule has 6 heteroatoms. The third-order valence-corrected chi connectivity index (χ3v) is 6.27. The number of ether oxygens (including phenoxy) is 1. The van der Waals surface area contributed by atoms with Gasteiger partial charge in [0.2, 0.25) is 0 Å². The zero-order chi connectivity index (χ0) is 19.7. The van der Waals surface area contributed by atoms with E-state index in [0.29, 0.717) is 36.8 Å². The number of aliphatic hydroxyl groups is 1. The van der Waals surface area contributed by atoms with Crippen LogP contribution >= 0.6 is 11.6 Å². The monoisotopic (exact) mass is 404 g/mol. The summed E-state index contributed by atoms with van der Waals surface area (Å²) in [6.07, 6.45) is 1.44. The van der Waals surface area contributed by atoms with Crippen LogP contribution < -0.4 is 4.74 Å². The lowest BCUT2D eigenvalue weighted by Gasteiger charge is -2.37. The van der Waals surface area contributed by atoms with Gasteiger partial charge in [0.05, 0.1) is 5.60 Å². The zero-order valence-electron chi connectivity index (χ0n) is 16.1. The average Bonchev–Trinajstić information content (AvgIpc) is 2.88. The Bertz CT molecular complexity index is 832. The Kier molecular flexibility index (Phi) is 5.61. The van der Waals surface area contributed by atoms with Crippen LogP contribution in [0.5, 0.6) is 5.75 Å². The minimum atomic E-state index is -0.798. The highest BCUT2D eigenvalue weighted by Gasteiger charge is 2.33. The van der Waals surface area contributed by atoms with Gasteiger partial charge in [-0.3, -0.25) is 4.90 Å². The highest BCUT2D eigenvalue weighted by molar-refractivity contribution is 6.31. The molecule has 1 fully saturated rings. The van der Waals surface area contributed by atoms with E-state index < -0.39 is 5.60 Å². The van der Waals surface area contributed by atoms with Gasteiger partial charge in [0.25, 0.3) is 0 Å². The molecule has 0 atom stereocenters. The third kappa shape index (κ3) is 4.03. The topological polar surface area (TPSA) is 35.9 Å². The molecule has 2 aromatic rings. The number of halogens is 2. The maximum Gasteiger partial charge on any atom is 0.129 e. The van der Waals surface area contributed by atoms with E-state index in [0.717, 1.165) is 42.8 Å². The van der Waals surface area contributed by atoms with Crippen molar-refractivity contribution in [2.45, 2.75) is 31.5 Å². The van der Waals surface area contributed by atoms with Crippen LogP contribution in [0, 0.1) is 5.82 Å². The molecule has 1 saturated heterocycles. The molecule has 0 unspecified atom stereocenters. The fourth-order valence-electron chi connectivity index (χ4n) is 4.06. The van der Waals surface area contributed by atoms with Gasteiger partial charge in [-0.05, 0) is 49.7 Å². The molecule has 2 aliphatic rings. The molecule has 4 rings (SSSR count). The van der Waals surface area contributed by atoms with Gasteiger partial charge >= 0.3 is 0 Å². The van der Waals surface area contributed by atoms with E-state index in [1.54, 1.807) is 12.1 Å². The van der Waals surface area contributed by atoms with E-state index in [9.17, 15) is 9.50 Å². The first kappa shape index (κ1) is 19.6. The molecule has 0 bridgehead atoms. The Labute approximate surface area is 170 Å². The van der Waals surface area contributed by atoms with Gasteiger partial charge in [0, 0.05) is 48.9 Å². The molecule has 4 nitrogen and oxygen atoms in total. The van der Waals surface area contributed by atoms with Crippen molar-refractivity contribution in [3.63, 3.8) is 0 Å². The quantitative estimate of drug-likeness (QED) is 0.844. The lowest BCUT2D eigenvalue weighted by molar-refractivity contribution is -0.0204. The lowest BCUT2D eigenvalue weighted by Crippen LogP contribution is -2.40. The number of hydrogen-bond donors (Lipinski definition) is 1. The highest BCUT2D eigenvalue weighted by atomic mass is 35.5. The van der Waals surface area contributed by atoms with E-state index in [1.807, 2.05) is 12.1 Å². The summed E-state index contributed by atoms with van der Waals surface area (Å²) in [7, 11) is 2.08. The Balaban J connectivity index is 1.57. The van der Waals surface area contributed by atoms with Gasteiger partial charge < -0.3 is 14.7 Å². The second-order valence-corrected chi connectivity index (χ2v) is 8.32. The summed E-state index contributed by atoms with van der Waals surface area (Å²) in [5.41, 5.74) is 1.68. The molecule has 2 aromatic carbocycles. The van der Waals surface area contributed by atoms with Gasteiger partial charge in [-0.2, -0.15) is 0 Å². The average molecular weight is 405 g/mol. The van der Waals surface area contributed by atoms with Crippen molar-refractivity contribution >= 4 is 11.6 Å². The standard InChI is InChI=1S/C22H26ClFN2O2/c1-25-9-7-22(27,8-10-25)17-5-6-21-16(13-17)14-26(11-12-28-21)15-18-19(23)3-2-4-20(18)24/h2-6,13,27H,7-12,14-15H2,1H3. The number of piperidine rings is 1. The van der Waals surface area contributed by atoms with Crippen LogP contribution in [0.1, 0.15) is 29.5 Å². The molecule has 1 N–H and O–H groups in total. The molecule has 0 aliphatic carbocycles. The highest BCUT2D eigenvalue weighted by Crippen LogP contribution is 2.36. The number of benzene rings is 2. The van der Waals surface area contributed by atoms with E-state index in [4.69, 9.17) is 16.3 Å². The molecule has 2 aliphatic heterocycles. The van der Waals surface area contributed by atoms with Crippen LogP contribution in [-0.4, -0.2) is 48.2 Å². The summed E-state index contributed by atoms with van der Waals surface area (Å²) in [4.78, 5) is 4.37. The Hall–Kier alpha value is -1.66.